The highest BCUT2D eigenvalue weighted by molar-refractivity contribution is 6.02. The van der Waals surface area contributed by atoms with Crippen LogP contribution in [-0.4, -0.2) is 15.5 Å². The molecule has 0 aliphatic heterocycles. The molecule has 2 aromatic carbocycles. The minimum Gasteiger partial charge on any atom is -0.484 e. The van der Waals surface area contributed by atoms with Crippen LogP contribution in [0, 0.1) is 11.3 Å². The lowest BCUT2D eigenvalue weighted by atomic mass is 10.2. The van der Waals surface area contributed by atoms with Crippen LogP contribution >= 0.6 is 0 Å². The first-order valence-electron chi connectivity index (χ1n) is 9.67. The fraction of sp³-hybridized carbons (Fsp3) is 0.174. The van der Waals surface area contributed by atoms with Gasteiger partial charge >= 0.3 is 0 Å². The molecule has 0 aliphatic rings. The van der Waals surface area contributed by atoms with Crippen molar-refractivity contribution in [2.24, 2.45) is 0 Å². The van der Waals surface area contributed by atoms with Crippen molar-refractivity contribution in [1.82, 2.24) is 9.55 Å². The van der Waals surface area contributed by atoms with Crippen LogP contribution in [0.2, 0.25) is 0 Å². The van der Waals surface area contributed by atoms with E-state index in [0.29, 0.717) is 23.0 Å². The fourth-order valence-corrected chi connectivity index (χ4v) is 3.20. The molecule has 0 bridgehead atoms. The van der Waals surface area contributed by atoms with Crippen LogP contribution in [0.25, 0.3) is 11.0 Å². The van der Waals surface area contributed by atoms with Crippen LogP contribution in [-0.2, 0) is 13.2 Å². The van der Waals surface area contributed by atoms with Crippen molar-refractivity contribution in [3.05, 3.63) is 77.7 Å². The van der Waals surface area contributed by atoms with Crippen LogP contribution in [0.4, 0.5) is 5.95 Å². The van der Waals surface area contributed by atoms with Gasteiger partial charge in [0.05, 0.1) is 16.6 Å². The normalized spacial score (nSPS) is 10.7. The second-order valence-corrected chi connectivity index (χ2v) is 6.69. The lowest BCUT2D eigenvalue weighted by Crippen LogP contribution is -2.15. The SMILES string of the molecule is CCCn1c(NC(=O)c2ccc(COc3ccccc3C#N)o2)nc2ccccc21. The molecule has 150 valence electrons. The molecular weight excluding hydrogens is 380 g/mol. The van der Waals surface area contributed by atoms with E-state index >= 15 is 0 Å². The van der Waals surface area contributed by atoms with E-state index < -0.39 is 0 Å². The zero-order chi connectivity index (χ0) is 20.9. The number of aryl methyl sites for hydroxylation is 1. The van der Waals surface area contributed by atoms with E-state index in [1.807, 2.05) is 28.8 Å². The Kier molecular flexibility index (Phi) is 5.48. The molecule has 0 atom stereocenters. The van der Waals surface area contributed by atoms with Gasteiger partial charge in [-0.2, -0.15) is 5.26 Å². The molecule has 0 aliphatic carbocycles. The Morgan fingerprint density at radius 1 is 1.17 bits per heavy atom. The number of benzene rings is 2. The highest BCUT2D eigenvalue weighted by Gasteiger charge is 2.17. The Balaban J connectivity index is 1.48. The van der Waals surface area contributed by atoms with E-state index in [1.54, 1.807) is 36.4 Å². The number of ether oxygens (including phenoxy) is 1. The number of carbonyl (C=O) groups is 1. The molecule has 7 heteroatoms. The maximum Gasteiger partial charge on any atom is 0.293 e. The van der Waals surface area contributed by atoms with Gasteiger partial charge in [-0.15, -0.1) is 0 Å². The second-order valence-electron chi connectivity index (χ2n) is 6.69. The van der Waals surface area contributed by atoms with Gasteiger partial charge in [0.1, 0.15) is 24.2 Å². The van der Waals surface area contributed by atoms with Crippen molar-refractivity contribution in [2.75, 3.05) is 5.32 Å². The third-order valence-corrected chi connectivity index (χ3v) is 4.59. The molecule has 1 N–H and O–H groups in total. The number of fused-ring (bicyclic) bond motifs is 1. The lowest BCUT2D eigenvalue weighted by Gasteiger charge is -2.08. The maximum absolute atomic E-state index is 12.7. The van der Waals surface area contributed by atoms with Crippen molar-refractivity contribution in [3.63, 3.8) is 0 Å². The van der Waals surface area contributed by atoms with Crippen molar-refractivity contribution in [3.8, 4) is 11.8 Å². The highest BCUT2D eigenvalue weighted by Crippen LogP contribution is 2.22. The lowest BCUT2D eigenvalue weighted by molar-refractivity contribution is 0.0991. The van der Waals surface area contributed by atoms with E-state index in [9.17, 15) is 4.79 Å². The van der Waals surface area contributed by atoms with Gasteiger partial charge in [-0.25, -0.2) is 4.98 Å². The smallest absolute Gasteiger partial charge is 0.293 e. The Hall–Kier alpha value is -4.05. The standard InChI is InChI=1S/C23H20N4O3/c1-2-13-27-19-9-5-4-8-18(19)25-23(27)26-22(28)21-12-11-17(30-21)15-29-20-10-6-3-7-16(20)14-24/h3-12H,2,13,15H2,1H3,(H,25,26,28). The van der Waals surface area contributed by atoms with Gasteiger partial charge in [-0.05, 0) is 42.8 Å². The quantitative estimate of drug-likeness (QED) is 0.483. The number of hydrogen-bond donors (Lipinski definition) is 1. The summed E-state index contributed by atoms with van der Waals surface area (Å²) in [6, 6.07) is 20.1. The molecule has 0 fully saturated rings. The Labute approximate surface area is 173 Å². The molecule has 2 aromatic heterocycles. The van der Waals surface area contributed by atoms with Crippen molar-refractivity contribution in [2.45, 2.75) is 26.5 Å². The van der Waals surface area contributed by atoms with Crippen LogP contribution in [0.1, 0.15) is 35.2 Å². The number of aromatic nitrogens is 2. The molecule has 1 amide bonds. The molecule has 0 saturated heterocycles. The van der Waals surface area contributed by atoms with Gasteiger partial charge in [0.25, 0.3) is 5.91 Å². The van der Waals surface area contributed by atoms with E-state index in [0.717, 1.165) is 24.0 Å². The zero-order valence-corrected chi connectivity index (χ0v) is 16.5. The molecular formula is C23H20N4O3. The average molecular weight is 400 g/mol. The van der Waals surface area contributed by atoms with E-state index in [4.69, 9.17) is 14.4 Å². The largest absolute Gasteiger partial charge is 0.484 e. The first kappa shape index (κ1) is 19.3. The fourth-order valence-electron chi connectivity index (χ4n) is 3.20. The summed E-state index contributed by atoms with van der Waals surface area (Å²) in [5, 5.41) is 12.0. The second kappa shape index (κ2) is 8.53. The molecule has 30 heavy (non-hydrogen) atoms. The minimum atomic E-state index is -0.383. The monoisotopic (exact) mass is 400 g/mol. The molecule has 7 nitrogen and oxygen atoms in total. The van der Waals surface area contributed by atoms with Gasteiger partial charge in [0.2, 0.25) is 5.95 Å². The summed E-state index contributed by atoms with van der Waals surface area (Å²) >= 11 is 0. The number of para-hydroxylation sites is 3. The number of imidazole rings is 1. The Morgan fingerprint density at radius 3 is 2.80 bits per heavy atom. The zero-order valence-electron chi connectivity index (χ0n) is 16.5. The molecule has 0 radical (unpaired) electrons. The number of rotatable bonds is 7. The van der Waals surface area contributed by atoms with Crippen LogP contribution in [0.15, 0.2) is 65.1 Å². The Morgan fingerprint density at radius 2 is 1.97 bits per heavy atom. The number of nitrogens with one attached hydrogen (secondary N) is 1. The number of nitriles is 1. The van der Waals surface area contributed by atoms with Crippen molar-refractivity contribution in [1.29, 1.82) is 5.26 Å². The summed E-state index contributed by atoms with van der Waals surface area (Å²) in [6.45, 7) is 2.93. The van der Waals surface area contributed by atoms with E-state index in [-0.39, 0.29) is 18.3 Å². The van der Waals surface area contributed by atoms with Crippen LogP contribution in [0.5, 0.6) is 5.75 Å². The van der Waals surface area contributed by atoms with Gasteiger partial charge in [-0.3, -0.25) is 10.1 Å². The van der Waals surface area contributed by atoms with E-state index in [1.165, 1.54) is 0 Å². The summed E-state index contributed by atoms with van der Waals surface area (Å²) in [5.41, 5.74) is 2.24. The molecule has 0 saturated carbocycles. The predicted molar refractivity (Wildman–Crippen MR) is 112 cm³/mol. The summed E-state index contributed by atoms with van der Waals surface area (Å²) in [6.07, 6.45) is 0.912. The first-order valence-corrected chi connectivity index (χ1v) is 9.67. The number of nitrogens with zero attached hydrogens (tertiary/aromatic N) is 3. The van der Waals surface area contributed by atoms with Crippen molar-refractivity contribution < 1.29 is 13.9 Å². The van der Waals surface area contributed by atoms with E-state index in [2.05, 4.69) is 23.3 Å². The molecule has 2 heterocycles. The average Bonchev–Trinajstić information content (AvgIpc) is 3.38. The van der Waals surface area contributed by atoms with Crippen LogP contribution < -0.4 is 10.1 Å². The first-order chi connectivity index (χ1) is 14.7. The summed E-state index contributed by atoms with van der Waals surface area (Å²) < 4.78 is 13.3. The van der Waals surface area contributed by atoms with Crippen LogP contribution in [0.3, 0.4) is 0 Å². The van der Waals surface area contributed by atoms with Crippen molar-refractivity contribution >= 4 is 22.9 Å². The number of anilines is 1. The molecule has 4 aromatic rings. The number of furan rings is 1. The molecule has 4 rings (SSSR count). The molecule has 0 unspecified atom stereocenters. The number of carbonyl (C=O) groups excluding carboxylic acids is 1. The minimum absolute atomic E-state index is 0.111. The number of amides is 1. The maximum atomic E-state index is 12.7. The van der Waals surface area contributed by atoms with Gasteiger partial charge < -0.3 is 13.7 Å². The predicted octanol–water partition coefficient (Wildman–Crippen LogP) is 4.74. The van der Waals surface area contributed by atoms with Gasteiger partial charge in [0, 0.05) is 6.54 Å². The number of hydrogen-bond acceptors (Lipinski definition) is 5. The summed E-state index contributed by atoms with van der Waals surface area (Å²) in [5.74, 6) is 1.22. The summed E-state index contributed by atoms with van der Waals surface area (Å²) in [7, 11) is 0. The topological polar surface area (TPSA) is 93.1 Å². The summed E-state index contributed by atoms with van der Waals surface area (Å²) in [4.78, 5) is 17.2. The highest BCUT2D eigenvalue weighted by atomic mass is 16.5. The van der Waals surface area contributed by atoms with Gasteiger partial charge in [0.15, 0.2) is 5.76 Å². The third kappa shape index (κ3) is 3.89. The third-order valence-electron chi connectivity index (χ3n) is 4.59. The Bertz CT molecular complexity index is 1230. The molecule has 0 spiro atoms. The van der Waals surface area contributed by atoms with Gasteiger partial charge in [-0.1, -0.05) is 31.2 Å².